The molecule has 2 N–H and O–H groups in total. The highest BCUT2D eigenvalue weighted by atomic mass is 35.5. The Hall–Kier alpha value is -4.07. The highest BCUT2D eigenvalue weighted by Crippen LogP contribution is 2.20. The fourth-order valence-electron chi connectivity index (χ4n) is 4.04. The van der Waals surface area contributed by atoms with E-state index in [2.05, 4.69) is 41.3 Å². The molecular weight excluding hydrogens is 594 g/mol. The summed E-state index contributed by atoms with van der Waals surface area (Å²) in [5.41, 5.74) is 2.76. The van der Waals surface area contributed by atoms with Crippen molar-refractivity contribution in [1.29, 1.82) is 0 Å². The Bertz CT molecular complexity index is 1600. The molecule has 2 amide bonds. The Morgan fingerprint density at radius 1 is 0.738 bits per heavy atom. The maximum absolute atomic E-state index is 12.4. The molecule has 0 atom stereocenters. The molecule has 0 aliphatic rings. The summed E-state index contributed by atoms with van der Waals surface area (Å²) < 4.78 is 1.74. The van der Waals surface area contributed by atoms with Gasteiger partial charge in [0.05, 0.1) is 18.7 Å². The van der Waals surface area contributed by atoms with Crippen molar-refractivity contribution in [3.8, 4) is 0 Å². The molecule has 0 aliphatic carbocycles. The summed E-state index contributed by atoms with van der Waals surface area (Å²) in [6.45, 7) is 0.582. The van der Waals surface area contributed by atoms with Crippen molar-refractivity contribution in [3.63, 3.8) is 0 Å². The molecule has 14 heteroatoms. The first-order valence-corrected chi connectivity index (χ1v) is 15.4. The van der Waals surface area contributed by atoms with E-state index in [1.165, 1.54) is 22.7 Å². The van der Waals surface area contributed by atoms with E-state index in [1.54, 1.807) is 4.68 Å². The van der Waals surface area contributed by atoms with Crippen LogP contribution in [0, 0.1) is 0 Å². The number of halogens is 1. The van der Waals surface area contributed by atoms with Crippen LogP contribution in [0.3, 0.4) is 0 Å². The number of aromatic nitrogens is 7. The van der Waals surface area contributed by atoms with Gasteiger partial charge < -0.3 is 10.6 Å². The standard InChI is InChI=1S/C28H28ClN9O2S2/c29-21-12-10-20(11-13-21)17-38-18-22(32-37-38)14-15-23(39)30-27-35-33-25(41-27)8-4-5-9-26-34-36-28(42-26)31-24(40)16-19-6-2-1-3-7-19/h1-3,6-7,10-13,18H,4-5,8-9,14-17H2,(H,30,35,39)(H,31,36,40). The molecule has 0 saturated heterocycles. The van der Waals surface area contributed by atoms with Crippen LogP contribution < -0.4 is 10.6 Å². The Labute approximate surface area is 255 Å². The van der Waals surface area contributed by atoms with E-state index in [1.807, 2.05) is 60.8 Å². The summed E-state index contributed by atoms with van der Waals surface area (Å²) in [6.07, 6.45) is 6.19. The lowest BCUT2D eigenvalue weighted by Crippen LogP contribution is -2.14. The van der Waals surface area contributed by atoms with Crippen LogP contribution in [0.4, 0.5) is 10.3 Å². The number of hydrogen-bond donors (Lipinski definition) is 2. The number of carbonyl (C=O) groups is 2. The average Bonchev–Trinajstić information content (AvgIpc) is 3.74. The van der Waals surface area contributed by atoms with E-state index in [-0.39, 0.29) is 18.2 Å². The van der Waals surface area contributed by atoms with Crippen LogP contribution in [-0.4, -0.2) is 47.2 Å². The molecular formula is C28H28ClN9O2S2. The van der Waals surface area contributed by atoms with Gasteiger partial charge in [-0.3, -0.25) is 9.59 Å². The van der Waals surface area contributed by atoms with Crippen LogP contribution in [0.1, 0.15) is 46.1 Å². The van der Waals surface area contributed by atoms with Gasteiger partial charge >= 0.3 is 0 Å². The van der Waals surface area contributed by atoms with Crippen LogP contribution in [0.15, 0.2) is 60.8 Å². The summed E-state index contributed by atoms with van der Waals surface area (Å²) in [7, 11) is 0. The number of benzene rings is 2. The monoisotopic (exact) mass is 621 g/mol. The van der Waals surface area contributed by atoms with Crippen molar-refractivity contribution >= 4 is 56.4 Å². The van der Waals surface area contributed by atoms with Crippen molar-refractivity contribution in [1.82, 2.24) is 35.4 Å². The smallest absolute Gasteiger partial charge is 0.230 e. The molecule has 0 radical (unpaired) electrons. The molecule has 216 valence electrons. The first kappa shape index (κ1) is 29.4. The molecule has 2 aromatic carbocycles. The van der Waals surface area contributed by atoms with Crippen molar-refractivity contribution in [3.05, 3.63) is 92.7 Å². The molecule has 0 unspecified atom stereocenters. The van der Waals surface area contributed by atoms with E-state index in [9.17, 15) is 9.59 Å². The summed E-state index contributed by atoms with van der Waals surface area (Å²) in [4.78, 5) is 24.6. The van der Waals surface area contributed by atoms with Crippen LogP contribution in [0.2, 0.25) is 5.02 Å². The van der Waals surface area contributed by atoms with Gasteiger partial charge in [0.2, 0.25) is 22.1 Å². The zero-order valence-corrected chi connectivity index (χ0v) is 25.0. The molecule has 5 rings (SSSR count). The van der Waals surface area contributed by atoms with Gasteiger partial charge in [0.15, 0.2) is 0 Å². The number of nitrogens with zero attached hydrogens (tertiary/aromatic N) is 7. The number of amides is 2. The third-order valence-corrected chi connectivity index (χ3v) is 8.17. The summed E-state index contributed by atoms with van der Waals surface area (Å²) in [5.74, 6) is -0.256. The Kier molecular flexibility index (Phi) is 10.3. The quantitative estimate of drug-likeness (QED) is 0.165. The van der Waals surface area contributed by atoms with Gasteiger partial charge in [-0.15, -0.1) is 25.5 Å². The molecule has 0 aliphatic heterocycles. The van der Waals surface area contributed by atoms with Gasteiger partial charge in [0, 0.05) is 36.9 Å². The van der Waals surface area contributed by atoms with E-state index < -0.39 is 0 Å². The van der Waals surface area contributed by atoms with E-state index >= 15 is 0 Å². The molecule has 3 heterocycles. The Morgan fingerprint density at radius 3 is 2.05 bits per heavy atom. The molecule has 3 aromatic heterocycles. The largest absolute Gasteiger partial charge is 0.301 e. The SMILES string of the molecule is O=C(CCc1cn(Cc2ccc(Cl)cc2)nn1)Nc1nnc(CCCCc2nnc(NC(=O)Cc3ccccc3)s2)s1. The van der Waals surface area contributed by atoms with Crippen molar-refractivity contribution in [2.24, 2.45) is 0 Å². The second-order valence-corrected chi connectivity index (χ2v) is 12.1. The zero-order valence-electron chi connectivity index (χ0n) is 22.6. The molecule has 0 spiro atoms. The van der Waals surface area contributed by atoms with Gasteiger partial charge in [0.25, 0.3) is 0 Å². The number of rotatable bonds is 14. The lowest BCUT2D eigenvalue weighted by Gasteiger charge is -2.01. The number of unbranched alkanes of at least 4 members (excludes halogenated alkanes) is 1. The molecule has 11 nitrogen and oxygen atoms in total. The van der Waals surface area contributed by atoms with Crippen LogP contribution in [0.5, 0.6) is 0 Å². The number of nitrogens with one attached hydrogen (secondary N) is 2. The third kappa shape index (κ3) is 9.23. The highest BCUT2D eigenvalue weighted by molar-refractivity contribution is 7.15. The summed E-state index contributed by atoms with van der Waals surface area (Å²) in [6, 6.07) is 17.1. The second kappa shape index (κ2) is 14.7. The fraction of sp³-hybridized carbons (Fsp3) is 0.286. The van der Waals surface area contributed by atoms with Crippen LogP contribution in [-0.2, 0) is 41.8 Å². The fourth-order valence-corrected chi connectivity index (χ4v) is 5.76. The Balaban J connectivity index is 0.973. The average molecular weight is 622 g/mol. The molecule has 0 fully saturated rings. The number of anilines is 2. The van der Waals surface area contributed by atoms with Crippen molar-refractivity contribution in [2.45, 2.75) is 51.5 Å². The van der Waals surface area contributed by atoms with Gasteiger partial charge in [-0.1, -0.05) is 82.0 Å². The minimum atomic E-state index is -0.145. The van der Waals surface area contributed by atoms with Crippen molar-refractivity contribution in [2.75, 3.05) is 10.6 Å². The Morgan fingerprint density at radius 2 is 1.38 bits per heavy atom. The molecule has 42 heavy (non-hydrogen) atoms. The lowest BCUT2D eigenvalue weighted by atomic mass is 10.1. The first-order valence-electron chi connectivity index (χ1n) is 13.4. The topological polar surface area (TPSA) is 140 Å². The van der Waals surface area contributed by atoms with E-state index in [0.29, 0.717) is 34.7 Å². The third-order valence-electron chi connectivity index (χ3n) is 6.12. The predicted octanol–water partition coefficient (Wildman–Crippen LogP) is 5.00. The van der Waals surface area contributed by atoms with Gasteiger partial charge in [-0.05, 0) is 36.1 Å². The van der Waals surface area contributed by atoms with Gasteiger partial charge in [-0.2, -0.15) is 0 Å². The van der Waals surface area contributed by atoms with Gasteiger partial charge in [0.1, 0.15) is 10.0 Å². The maximum atomic E-state index is 12.4. The van der Waals surface area contributed by atoms with Crippen LogP contribution in [0.25, 0.3) is 0 Å². The predicted molar refractivity (Wildman–Crippen MR) is 163 cm³/mol. The molecule has 0 bridgehead atoms. The van der Waals surface area contributed by atoms with Gasteiger partial charge in [-0.25, -0.2) is 4.68 Å². The highest BCUT2D eigenvalue weighted by Gasteiger charge is 2.12. The number of carbonyl (C=O) groups excluding carboxylic acids is 2. The van der Waals surface area contributed by atoms with E-state index in [0.717, 1.165) is 52.5 Å². The number of hydrogen-bond acceptors (Lipinski definition) is 10. The minimum absolute atomic E-state index is 0.110. The maximum Gasteiger partial charge on any atom is 0.230 e. The zero-order chi connectivity index (χ0) is 29.1. The van der Waals surface area contributed by atoms with E-state index in [4.69, 9.17) is 11.6 Å². The van der Waals surface area contributed by atoms with Crippen LogP contribution >= 0.6 is 34.3 Å². The first-order chi connectivity index (χ1) is 20.5. The molecule has 0 saturated carbocycles. The lowest BCUT2D eigenvalue weighted by molar-refractivity contribution is -0.116. The minimum Gasteiger partial charge on any atom is -0.301 e. The number of aryl methyl sites for hydroxylation is 3. The second-order valence-electron chi connectivity index (χ2n) is 9.50. The summed E-state index contributed by atoms with van der Waals surface area (Å²) in [5, 5.41) is 33.9. The normalized spacial score (nSPS) is 11.0. The molecule has 5 aromatic rings. The van der Waals surface area contributed by atoms with Crippen molar-refractivity contribution < 1.29 is 9.59 Å². The summed E-state index contributed by atoms with van der Waals surface area (Å²) >= 11 is 8.71.